The monoisotopic (exact) mass is 479 g/mol. The van der Waals surface area contributed by atoms with Crippen molar-refractivity contribution in [1.82, 2.24) is 5.32 Å². The van der Waals surface area contributed by atoms with Crippen LogP contribution < -0.4 is 10.6 Å². The van der Waals surface area contributed by atoms with Gasteiger partial charge >= 0.3 is 0 Å². The molecule has 1 atom stereocenters. The molecule has 1 saturated heterocycles. The van der Waals surface area contributed by atoms with Gasteiger partial charge in [-0.1, -0.05) is 37.6 Å². The number of amides is 2. The van der Waals surface area contributed by atoms with Crippen molar-refractivity contribution in [2.75, 3.05) is 16.8 Å². The third-order valence-electron chi connectivity index (χ3n) is 4.69. The number of hydrogen-bond acceptors (Lipinski definition) is 6. The number of nitrogens with one attached hydrogen (secondary N) is 2. The van der Waals surface area contributed by atoms with Gasteiger partial charge in [0, 0.05) is 29.3 Å². The molecular formula is C21H22ClN3O4S2. The summed E-state index contributed by atoms with van der Waals surface area (Å²) in [4.78, 5) is 35.9. The van der Waals surface area contributed by atoms with Crippen LogP contribution in [0.15, 0.2) is 42.5 Å². The van der Waals surface area contributed by atoms with E-state index in [1.54, 1.807) is 0 Å². The summed E-state index contributed by atoms with van der Waals surface area (Å²) >= 11 is 9.82. The molecule has 1 aliphatic heterocycles. The highest BCUT2D eigenvalue weighted by molar-refractivity contribution is 8.19. The van der Waals surface area contributed by atoms with E-state index in [1.165, 1.54) is 12.1 Å². The Morgan fingerprint density at radius 1 is 1.16 bits per heavy atom. The standard InChI is InChI=1S/C21H22ClN3O4S2/c1-12(2)18(24-19(26)16-7-6-15(25(28)29)11-17(16)22)20(27)23-14-5-3-4-13(10-14)21-30-8-9-31-21/h3-7,10-12,18,21H,8-9H2,1-2H3,(H,23,27)(H,24,26)/t18-/m0/s1. The maximum Gasteiger partial charge on any atom is 0.270 e. The maximum atomic E-state index is 12.9. The molecule has 0 spiro atoms. The largest absolute Gasteiger partial charge is 0.340 e. The number of rotatable bonds is 7. The molecule has 3 rings (SSSR count). The van der Waals surface area contributed by atoms with Crippen molar-refractivity contribution in [3.63, 3.8) is 0 Å². The minimum atomic E-state index is -0.808. The second-order valence-corrected chi connectivity index (χ2v) is 10.4. The molecule has 2 amide bonds. The van der Waals surface area contributed by atoms with Crippen molar-refractivity contribution in [2.24, 2.45) is 5.92 Å². The normalized spacial score (nSPS) is 15.0. The van der Waals surface area contributed by atoms with Crippen molar-refractivity contribution in [3.05, 3.63) is 68.7 Å². The van der Waals surface area contributed by atoms with Crippen molar-refractivity contribution in [3.8, 4) is 0 Å². The molecule has 0 saturated carbocycles. The number of nitro benzene ring substituents is 1. The van der Waals surface area contributed by atoms with Crippen LogP contribution in [-0.2, 0) is 4.79 Å². The molecule has 2 aromatic carbocycles. The van der Waals surface area contributed by atoms with Gasteiger partial charge in [0.2, 0.25) is 5.91 Å². The number of hydrogen-bond donors (Lipinski definition) is 2. The highest BCUT2D eigenvalue weighted by atomic mass is 35.5. The van der Waals surface area contributed by atoms with Crippen LogP contribution in [0.1, 0.15) is 34.4 Å². The number of carbonyl (C=O) groups is 2. The Morgan fingerprint density at radius 3 is 2.48 bits per heavy atom. The minimum absolute atomic E-state index is 0.0473. The van der Waals surface area contributed by atoms with Crippen molar-refractivity contribution < 1.29 is 14.5 Å². The quantitative estimate of drug-likeness (QED) is 0.422. The third-order valence-corrected chi connectivity index (χ3v) is 8.11. The molecule has 164 valence electrons. The highest BCUT2D eigenvalue weighted by Crippen LogP contribution is 2.45. The highest BCUT2D eigenvalue weighted by Gasteiger charge is 2.26. The summed E-state index contributed by atoms with van der Waals surface area (Å²) < 4.78 is 0.363. The third kappa shape index (κ3) is 5.93. The number of thioether (sulfide) groups is 2. The zero-order valence-electron chi connectivity index (χ0n) is 17.0. The van der Waals surface area contributed by atoms with Gasteiger partial charge in [0.05, 0.1) is 20.1 Å². The van der Waals surface area contributed by atoms with E-state index in [4.69, 9.17) is 11.6 Å². The average Bonchev–Trinajstić information content (AvgIpc) is 3.26. The predicted molar refractivity (Wildman–Crippen MR) is 127 cm³/mol. The Morgan fingerprint density at radius 2 is 1.87 bits per heavy atom. The van der Waals surface area contributed by atoms with Crippen molar-refractivity contribution in [1.29, 1.82) is 0 Å². The molecule has 0 unspecified atom stereocenters. The van der Waals surface area contributed by atoms with Gasteiger partial charge in [-0.2, -0.15) is 0 Å². The van der Waals surface area contributed by atoms with E-state index in [-0.39, 0.29) is 28.1 Å². The molecule has 0 radical (unpaired) electrons. The predicted octanol–water partition coefficient (Wildman–Crippen LogP) is 5.12. The summed E-state index contributed by atoms with van der Waals surface area (Å²) in [5, 5.41) is 16.4. The van der Waals surface area contributed by atoms with Gasteiger partial charge < -0.3 is 10.6 Å². The summed E-state index contributed by atoms with van der Waals surface area (Å²) in [5.41, 5.74) is 1.68. The molecule has 0 bridgehead atoms. The lowest BCUT2D eigenvalue weighted by Crippen LogP contribution is -2.47. The molecule has 1 fully saturated rings. The van der Waals surface area contributed by atoms with Crippen LogP contribution >= 0.6 is 35.1 Å². The van der Waals surface area contributed by atoms with Crippen molar-refractivity contribution in [2.45, 2.75) is 24.5 Å². The second kappa shape index (κ2) is 10.4. The van der Waals surface area contributed by atoms with Gasteiger partial charge in [-0.15, -0.1) is 23.5 Å². The topological polar surface area (TPSA) is 101 Å². The first-order valence-electron chi connectivity index (χ1n) is 9.65. The molecule has 10 heteroatoms. The average molecular weight is 480 g/mol. The van der Waals surface area contributed by atoms with E-state index in [2.05, 4.69) is 10.6 Å². The summed E-state index contributed by atoms with van der Waals surface area (Å²) in [6.07, 6.45) is 0. The van der Waals surface area contributed by atoms with Crippen molar-refractivity contribution >= 4 is 58.3 Å². The van der Waals surface area contributed by atoms with Crippen LogP contribution in [0, 0.1) is 16.0 Å². The number of nitrogens with zero attached hydrogens (tertiary/aromatic N) is 1. The molecular weight excluding hydrogens is 458 g/mol. The fraction of sp³-hybridized carbons (Fsp3) is 0.333. The molecule has 31 heavy (non-hydrogen) atoms. The fourth-order valence-corrected chi connectivity index (χ4v) is 6.19. The van der Waals surface area contributed by atoms with E-state index in [1.807, 2.05) is 61.6 Å². The van der Waals surface area contributed by atoms with Gasteiger partial charge in [-0.25, -0.2) is 0 Å². The Kier molecular flexibility index (Phi) is 7.85. The summed E-state index contributed by atoms with van der Waals surface area (Å²) in [6.45, 7) is 3.65. The lowest BCUT2D eigenvalue weighted by molar-refractivity contribution is -0.384. The van der Waals surface area contributed by atoms with Crippen LogP contribution in [0.5, 0.6) is 0 Å². The molecule has 0 aromatic heterocycles. The fourth-order valence-electron chi connectivity index (χ4n) is 3.09. The van der Waals surface area contributed by atoms with E-state index >= 15 is 0 Å². The van der Waals surface area contributed by atoms with Gasteiger partial charge in [0.15, 0.2) is 0 Å². The Hall–Kier alpha value is -2.23. The number of anilines is 1. The van der Waals surface area contributed by atoms with E-state index in [9.17, 15) is 19.7 Å². The van der Waals surface area contributed by atoms with Gasteiger partial charge in [0.1, 0.15) is 6.04 Å². The number of nitro groups is 1. The summed E-state index contributed by atoms with van der Waals surface area (Å²) in [6, 6.07) is 10.5. The van der Waals surface area contributed by atoms with Crippen LogP contribution in [0.3, 0.4) is 0 Å². The zero-order valence-corrected chi connectivity index (χ0v) is 19.4. The Labute approximate surface area is 193 Å². The van der Waals surface area contributed by atoms with Crippen LogP contribution in [0.4, 0.5) is 11.4 Å². The SMILES string of the molecule is CC(C)[C@H](NC(=O)c1ccc([N+](=O)[O-])cc1Cl)C(=O)Nc1cccc(C2SCCS2)c1. The number of non-ortho nitro benzene ring substituents is 1. The Balaban J connectivity index is 1.72. The molecule has 1 heterocycles. The molecule has 1 aliphatic rings. The second-order valence-electron chi connectivity index (χ2n) is 7.30. The van der Waals surface area contributed by atoms with Gasteiger partial charge in [-0.05, 0) is 29.7 Å². The first-order chi connectivity index (χ1) is 14.8. The van der Waals surface area contributed by atoms with E-state index in [0.29, 0.717) is 10.3 Å². The lowest BCUT2D eigenvalue weighted by Gasteiger charge is -2.22. The first kappa shape index (κ1) is 23.4. The summed E-state index contributed by atoms with van der Waals surface area (Å²) in [7, 11) is 0. The minimum Gasteiger partial charge on any atom is -0.340 e. The van der Waals surface area contributed by atoms with Gasteiger partial charge in [0.25, 0.3) is 11.6 Å². The van der Waals surface area contributed by atoms with Crippen LogP contribution in [-0.4, -0.2) is 34.3 Å². The maximum absolute atomic E-state index is 12.9. The number of halogens is 1. The van der Waals surface area contributed by atoms with Crippen LogP contribution in [0.2, 0.25) is 5.02 Å². The molecule has 0 aliphatic carbocycles. The summed E-state index contributed by atoms with van der Waals surface area (Å²) in [5.74, 6) is 1.12. The molecule has 2 N–H and O–H groups in total. The molecule has 7 nitrogen and oxygen atoms in total. The van der Waals surface area contributed by atoms with Crippen LogP contribution in [0.25, 0.3) is 0 Å². The number of benzene rings is 2. The molecule has 2 aromatic rings. The lowest BCUT2D eigenvalue weighted by atomic mass is 10.0. The number of carbonyl (C=O) groups excluding carboxylic acids is 2. The van der Waals surface area contributed by atoms with Gasteiger partial charge in [-0.3, -0.25) is 19.7 Å². The first-order valence-corrected chi connectivity index (χ1v) is 12.1. The zero-order chi connectivity index (χ0) is 22.5. The smallest absolute Gasteiger partial charge is 0.270 e. The van der Waals surface area contributed by atoms with E-state index < -0.39 is 16.9 Å². The van der Waals surface area contributed by atoms with E-state index in [0.717, 1.165) is 23.1 Å². The Bertz CT molecular complexity index is 996.